The first kappa shape index (κ1) is 40.0. The number of carbonyl (C=O) groups excluding carboxylic acids is 4. The highest BCUT2D eigenvalue weighted by Gasteiger charge is 2.39. The van der Waals surface area contributed by atoms with E-state index >= 15 is 0 Å². The van der Waals surface area contributed by atoms with E-state index in [0.717, 1.165) is 78.1 Å². The Bertz CT molecular complexity index is 2230. The van der Waals surface area contributed by atoms with Crippen LogP contribution in [0.3, 0.4) is 0 Å². The highest BCUT2D eigenvalue weighted by atomic mass is 16.5. The molecule has 0 bridgehead atoms. The summed E-state index contributed by atoms with van der Waals surface area (Å²) >= 11 is 0. The Morgan fingerprint density at radius 1 is 0.776 bits per heavy atom. The molecule has 7 rings (SSSR count). The van der Waals surface area contributed by atoms with Crippen LogP contribution in [0.25, 0.3) is 22.5 Å². The summed E-state index contributed by atoms with van der Waals surface area (Å²) in [5.41, 5.74) is 7.37. The molecule has 0 saturated carbocycles. The number of likely N-dealkylation sites (tertiary alicyclic amines) is 2. The predicted molar refractivity (Wildman–Crippen MR) is 215 cm³/mol. The number of pyridine rings is 1. The van der Waals surface area contributed by atoms with Crippen molar-refractivity contribution in [2.45, 2.75) is 90.4 Å². The molecule has 1 aliphatic carbocycles. The number of amides is 4. The molecule has 304 valence electrons. The maximum absolute atomic E-state index is 13.7. The zero-order valence-electron chi connectivity index (χ0n) is 33.8. The molecule has 4 N–H and O–H groups in total. The van der Waals surface area contributed by atoms with Gasteiger partial charge in [0.25, 0.3) is 0 Å². The number of aromatic nitrogens is 5. The zero-order chi connectivity index (χ0) is 41.1. The van der Waals surface area contributed by atoms with Crippen molar-refractivity contribution < 1.29 is 28.7 Å². The van der Waals surface area contributed by atoms with Crippen molar-refractivity contribution in [1.29, 1.82) is 0 Å². The van der Waals surface area contributed by atoms with Gasteiger partial charge in [-0.05, 0) is 86.1 Å². The van der Waals surface area contributed by atoms with Crippen LogP contribution in [0.15, 0.2) is 42.7 Å². The van der Waals surface area contributed by atoms with Gasteiger partial charge in [0.15, 0.2) is 0 Å². The number of H-pyrrole nitrogens is 2. The van der Waals surface area contributed by atoms with Crippen LogP contribution in [0.1, 0.15) is 99.6 Å². The number of aryl methyl sites for hydroxylation is 2. The fraction of sp³-hybridized carbons (Fsp3) is 0.465. The maximum Gasteiger partial charge on any atom is 0.407 e. The molecule has 5 heterocycles. The number of ether oxygens (including phenoxy) is 2. The largest absolute Gasteiger partial charge is 0.453 e. The molecule has 4 amide bonds. The summed E-state index contributed by atoms with van der Waals surface area (Å²) in [6, 6.07) is 8.22. The number of imidazole rings is 2. The Morgan fingerprint density at radius 3 is 2.00 bits per heavy atom. The van der Waals surface area contributed by atoms with Crippen LogP contribution in [0.4, 0.5) is 9.59 Å². The van der Waals surface area contributed by atoms with Crippen LogP contribution < -0.4 is 10.6 Å². The lowest BCUT2D eigenvalue weighted by Gasteiger charge is -2.30. The second-order valence-corrected chi connectivity index (χ2v) is 15.8. The van der Waals surface area contributed by atoms with E-state index in [2.05, 4.69) is 54.5 Å². The molecular formula is C43H51N9O6. The summed E-state index contributed by atoms with van der Waals surface area (Å²) in [6.45, 7) is 8.78. The number of carbonyl (C=O) groups is 4. The fourth-order valence-corrected chi connectivity index (χ4v) is 8.17. The molecule has 15 heteroatoms. The van der Waals surface area contributed by atoms with E-state index in [1.807, 2.05) is 50.8 Å². The van der Waals surface area contributed by atoms with Crippen molar-refractivity contribution in [2.24, 2.45) is 11.8 Å². The van der Waals surface area contributed by atoms with Crippen molar-refractivity contribution in [1.82, 2.24) is 45.4 Å². The summed E-state index contributed by atoms with van der Waals surface area (Å²) in [5, 5.41) is 5.40. The molecule has 0 spiro atoms. The minimum atomic E-state index is -0.698. The fourth-order valence-electron chi connectivity index (χ4n) is 8.17. The first-order valence-electron chi connectivity index (χ1n) is 20.0. The number of hydrogen-bond acceptors (Lipinski definition) is 9. The van der Waals surface area contributed by atoms with Crippen LogP contribution in [0.2, 0.25) is 0 Å². The first-order valence-corrected chi connectivity index (χ1v) is 20.0. The standard InChI is InChI=1S/C43H51N9O6/c1-24(2)35(49-42(55)57-5)40(53)51-19-7-9-33(51)38-45-23-32(47-38)28-13-16-29(44-22-28)15-11-26-12-17-30-27(21-26)14-18-31-37(30)48-39(46-31)34-10-8-20-52(34)41(54)36(25(3)4)50-43(56)58-6/h12-13,16-17,21-25,33-36H,7-10,14,18-20H2,1-6H3,(H,45,47)(H,46,48)(H,49,55)(H,50,56)/t33-,34-,35-,36-/m0/s1. The molecule has 0 unspecified atom stereocenters. The van der Waals surface area contributed by atoms with Gasteiger partial charge >= 0.3 is 12.2 Å². The zero-order valence-corrected chi connectivity index (χ0v) is 33.8. The molecule has 3 aliphatic rings. The van der Waals surface area contributed by atoms with E-state index < -0.39 is 24.3 Å². The van der Waals surface area contributed by atoms with Gasteiger partial charge in [-0.25, -0.2) is 24.5 Å². The van der Waals surface area contributed by atoms with Gasteiger partial charge in [0.05, 0.1) is 49.6 Å². The SMILES string of the molecule is COC(=O)N[C@H](C(=O)N1CCC[C@H]1c1ncc(-c2ccc(C#Cc3ccc4c(c3)CCc3nc([C@@H]5CCCN5C(=O)[C@@H](NC(=O)OC)C(C)C)[nH]c3-4)nc2)[nH]1)C(C)C. The lowest BCUT2D eigenvalue weighted by atomic mass is 9.91. The summed E-state index contributed by atoms with van der Waals surface area (Å²) in [6.07, 6.45) is 7.10. The molecule has 0 radical (unpaired) electrons. The number of alkyl carbamates (subject to hydrolysis) is 2. The average molecular weight is 790 g/mol. The molecule has 4 atom stereocenters. The summed E-state index contributed by atoms with van der Waals surface area (Å²) in [7, 11) is 2.58. The number of rotatable bonds is 9. The van der Waals surface area contributed by atoms with Gasteiger partial charge in [-0.3, -0.25) is 9.59 Å². The molecular weight excluding hydrogens is 739 g/mol. The predicted octanol–water partition coefficient (Wildman–Crippen LogP) is 5.45. The molecule has 2 aliphatic heterocycles. The van der Waals surface area contributed by atoms with Crippen LogP contribution in [-0.4, -0.2) is 98.1 Å². The number of fused-ring (bicyclic) bond motifs is 3. The van der Waals surface area contributed by atoms with Gasteiger partial charge in [0, 0.05) is 36.0 Å². The monoisotopic (exact) mass is 789 g/mol. The molecule has 1 aromatic carbocycles. The van der Waals surface area contributed by atoms with Crippen LogP contribution in [0.5, 0.6) is 0 Å². The molecule has 15 nitrogen and oxygen atoms in total. The highest BCUT2D eigenvalue weighted by Crippen LogP contribution is 2.38. The Hall–Kier alpha value is -6.17. The Balaban J connectivity index is 1.01. The van der Waals surface area contributed by atoms with Crippen LogP contribution in [-0.2, 0) is 31.9 Å². The normalized spacial score (nSPS) is 18.2. The van der Waals surface area contributed by atoms with Crippen LogP contribution >= 0.6 is 0 Å². The number of nitrogens with one attached hydrogen (secondary N) is 4. The van der Waals surface area contributed by atoms with Gasteiger partial charge in [0.1, 0.15) is 29.4 Å². The van der Waals surface area contributed by atoms with Gasteiger partial charge in [-0.15, -0.1) is 0 Å². The van der Waals surface area contributed by atoms with Gasteiger partial charge in [-0.2, -0.15) is 0 Å². The molecule has 58 heavy (non-hydrogen) atoms. The lowest BCUT2D eigenvalue weighted by Crippen LogP contribution is -2.51. The topological polar surface area (TPSA) is 188 Å². The van der Waals surface area contributed by atoms with Gasteiger partial charge in [-0.1, -0.05) is 39.7 Å². The molecule has 3 aromatic heterocycles. The quantitative estimate of drug-likeness (QED) is 0.160. The Labute approximate surface area is 338 Å². The van der Waals surface area contributed by atoms with E-state index in [9.17, 15) is 19.2 Å². The van der Waals surface area contributed by atoms with Crippen molar-refractivity contribution in [3.8, 4) is 34.4 Å². The smallest absolute Gasteiger partial charge is 0.407 e. The van der Waals surface area contributed by atoms with E-state index in [0.29, 0.717) is 24.6 Å². The maximum atomic E-state index is 13.7. The van der Waals surface area contributed by atoms with E-state index in [1.54, 1.807) is 17.3 Å². The van der Waals surface area contributed by atoms with E-state index in [-0.39, 0.29) is 35.7 Å². The van der Waals surface area contributed by atoms with Crippen molar-refractivity contribution in [2.75, 3.05) is 27.3 Å². The third-order valence-electron chi connectivity index (χ3n) is 11.3. The van der Waals surface area contributed by atoms with Gasteiger partial charge < -0.3 is 39.9 Å². The van der Waals surface area contributed by atoms with Crippen LogP contribution in [0, 0.1) is 23.7 Å². The molecule has 2 fully saturated rings. The first-order chi connectivity index (χ1) is 27.9. The van der Waals surface area contributed by atoms with E-state index in [4.69, 9.17) is 14.5 Å². The van der Waals surface area contributed by atoms with Crippen molar-refractivity contribution in [3.63, 3.8) is 0 Å². The average Bonchev–Trinajstić information content (AvgIpc) is 4.06. The summed E-state index contributed by atoms with van der Waals surface area (Å²) in [5.74, 6) is 7.43. The van der Waals surface area contributed by atoms with Crippen molar-refractivity contribution in [3.05, 3.63) is 76.9 Å². The Kier molecular flexibility index (Phi) is 11.8. The number of aromatic amines is 2. The van der Waals surface area contributed by atoms with Crippen molar-refractivity contribution >= 4 is 24.0 Å². The van der Waals surface area contributed by atoms with E-state index in [1.165, 1.54) is 19.8 Å². The second-order valence-electron chi connectivity index (χ2n) is 15.8. The summed E-state index contributed by atoms with van der Waals surface area (Å²) in [4.78, 5) is 75.9. The second kappa shape index (κ2) is 17.1. The molecule has 2 saturated heterocycles. The minimum absolute atomic E-state index is 0.106. The number of methoxy groups -OCH3 is 2. The lowest BCUT2D eigenvalue weighted by molar-refractivity contribution is -0.136. The highest BCUT2D eigenvalue weighted by molar-refractivity contribution is 5.87. The third-order valence-corrected chi connectivity index (χ3v) is 11.3. The summed E-state index contributed by atoms with van der Waals surface area (Å²) < 4.78 is 9.53. The minimum Gasteiger partial charge on any atom is -0.453 e. The molecule has 4 aromatic rings. The number of nitrogens with zero attached hydrogens (tertiary/aromatic N) is 5. The number of hydrogen-bond donors (Lipinski definition) is 4. The van der Waals surface area contributed by atoms with Gasteiger partial charge in [0.2, 0.25) is 11.8 Å². The third kappa shape index (κ3) is 8.27. The number of benzene rings is 1. The Morgan fingerprint density at radius 2 is 1.41 bits per heavy atom.